The largest absolute Gasteiger partial charge is 0.479 e. The molecule has 0 aliphatic carbocycles. The first-order valence-corrected chi connectivity index (χ1v) is 7.26. The van der Waals surface area contributed by atoms with E-state index in [0.717, 1.165) is 10.7 Å². The van der Waals surface area contributed by atoms with Crippen molar-refractivity contribution in [2.45, 2.75) is 32.2 Å². The van der Waals surface area contributed by atoms with E-state index in [9.17, 15) is 9.90 Å². The molecule has 0 spiro atoms. The van der Waals surface area contributed by atoms with Crippen molar-refractivity contribution < 1.29 is 9.90 Å². The molecule has 0 bridgehead atoms. The van der Waals surface area contributed by atoms with Crippen LogP contribution in [0.5, 0.6) is 0 Å². The van der Waals surface area contributed by atoms with E-state index >= 15 is 0 Å². The lowest BCUT2D eigenvalue weighted by Crippen LogP contribution is -2.21. The van der Waals surface area contributed by atoms with E-state index in [4.69, 9.17) is 0 Å². The zero-order valence-corrected chi connectivity index (χ0v) is 12.6. The molecular formula is C15H18N2O2S. The molecule has 2 rings (SSSR count). The van der Waals surface area contributed by atoms with Gasteiger partial charge in [-0.1, -0.05) is 39.0 Å². The fraction of sp³-hybridized carbons (Fsp3) is 0.333. The molecule has 0 saturated heterocycles. The first-order valence-electron chi connectivity index (χ1n) is 6.38. The molecule has 1 aromatic heterocycles. The van der Waals surface area contributed by atoms with Crippen LogP contribution in [0, 0.1) is 0 Å². The number of para-hydroxylation sites is 1. The summed E-state index contributed by atoms with van der Waals surface area (Å²) < 4.78 is 0. The summed E-state index contributed by atoms with van der Waals surface area (Å²) in [5.74, 6) is -0.931. The number of benzene rings is 1. The van der Waals surface area contributed by atoms with Crippen molar-refractivity contribution in [1.82, 2.24) is 4.98 Å². The average molecular weight is 290 g/mol. The van der Waals surface area contributed by atoms with Crippen LogP contribution in [0.25, 0.3) is 0 Å². The van der Waals surface area contributed by atoms with Gasteiger partial charge in [-0.3, -0.25) is 0 Å². The summed E-state index contributed by atoms with van der Waals surface area (Å²) in [6, 6.07) is 8.47. The highest BCUT2D eigenvalue weighted by Gasteiger charge is 2.25. The van der Waals surface area contributed by atoms with Gasteiger partial charge in [0.05, 0.1) is 10.7 Å². The van der Waals surface area contributed by atoms with E-state index < -0.39 is 12.0 Å². The molecule has 2 aromatic rings. The lowest BCUT2D eigenvalue weighted by molar-refractivity contribution is -0.138. The van der Waals surface area contributed by atoms with Crippen molar-refractivity contribution in [2.75, 3.05) is 5.32 Å². The van der Waals surface area contributed by atoms with Gasteiger partial charge in [0.15, 0.2) is 6.04 Å². The summed E-state index contributed by atoms with van der Waals surface area (Å²) in [6.45, 7) is 6.20. The van der Waals surface area contributed by atoms with Crippen LogP contribution >= 0.6 is 11.3 Å². The molecule has 5 heteroatoms. The van der Waals surface area contributed by atoms with E-state index in [2.05, 4.69) is 31.1 Å². The first-order chi connectivity index (χ1) is 9.38. The lowest BCUT2D eigenvalue weighted by Gasteiger charge is -2.15. The number of carboxylic acid groups (broad SMARTS) is 1. The van der Waals surface area contributed by atoms with Crippen LogP contribution in [-0.2, 0) is 10.2 Å². The van der Waals surface area contributed by atoms with E-state index in [0.29, 0.717) is 5.69 Å². The molecule has 1 unspecified atom stereocenters. The minimum atomic E-state index is -0.931. The zero-order valence-electron chi connectivity index (χ0n) is 11.8. The maximum absolute atomic E-state index is 11.5. The molecule has 0 aliphatic heterocycles. The predicted octanol–water partition coefficient (Wildman–Crippen LogP) is 3.68. The monoisotopic (exact) mass is 290 g/mol. The Balaban J connectivity index is 2.25. The number of carboxylic acids is 1. The highest BCUT2D eigenvalue weighted by Crippen LogP contribution is 2.29. The second-order valence-electron chi connectivity index (χ2n) is 5.61. The molecule has 2 N–H and O–H groups in total. The molecule has 0 radical (unpaired) electrons. The maximum atomic E-state index is 11.5. The molecule has 1 aromatic carbocycles. The van der Waals surface area contributed by atoms with Crippen LogP contribution < -0.4 is 5.32 Å². The quantitative estimate of drug-likeness (QED) is 0.901. The Hall–Kier alpha value is -1.88. The van der Waals surface area contributed by atoms with Crippen molar-refractivity contribution in [3.63, 3.8) is 0 Å². The van der Waals surface area contributed by atoms with Crippen LogP contribution in [0.2, 0.25) is 0 Å². The SMILES string of the molecule is CC(C)(C)c1nc(C(Nc2ccccc2)C(=O)O)cs1. The Kier molecular flexibility index (Phi) is 4.09. The summed E-state index contributed by atoms with van der Waals surface area (Å²) in [6.07, 6.45) is 0. The van der Waals surface area contributed by atoms with E-state index in [1.807, 2.05) is 35.7 Å². The van der Waals surface area contributed by atoms with Gasteiger partial charge in [-0.25, -0.2) is 9.78 Å². The van der Waals surface area contributed by atoms with Gasteiger partial charge in [-0.2, -0.15) is 0 Å². The zero-order chi connectivity index (χ0) is 14.8. The van der Waals surface area contributed by atoms with Gasteiger partial charge in [0, 0.05) is 16.5 Å². The van der Waals surface area contributed by atoms with Gasteiger partial charge in [0.2, 0.25) is 0 Å². The third-order valence-electron chi connectivity index (χ3n) is 2.79. The number of aliphatic carboxylic acids is 1. The minimum absolute atomic E-state index is 0.0707. The fourth-order valence-corrected chi connectivity index (χ4v) is 2.66. The third kappa shape index (κ3) is 3.36. The summed E-state index contributed by atoms with van der Waals surface area (Å²) in [7, 11) is 0. The van der Waals surface area contributed by atoms with Crippen LogP contribution in [0.1, 0.15) is 37.5 Å². The molecule has 0 amide bonds. The normalized spacial score (nSPS) is 12.9. The molecule has 0 fully saturated rings. The van der Waals surface area contributed by atoms with Crippen LogP contribution in [0.15, 0.2) is 35.7 Å². The number of thiazole rings is 1. The highest BCUT2D eigenvalue weighted by molar-refractivity contribution is 7.09. The smallest absolute Gasteiger partial charge is 0.332 e. The second kappa shape index (κ2) is 5.63. The Morgan fingerprint density at radius 1 is 1.30 bits per heavy atom. The van der Waals surface area contributed by atoms with Gasteiger partial charge in [-0.05, 0) is 12.1 Å². The number of hydrogen-bond donors (Lipinski definition) is 2. The molecule has 0 saturated carbocycles. The molecule has 4 nitrogen and oxygen atoms in total. The van der Waals surface area contributed by atoms with E-state index in [1.165, 1.54) is 11.3 Å². The maximum Gasteiger partial charge on any atom is 0.332 e. The molecule has 0 aliphatic rings. The lowest BCUT2D eigenvalue weighted by atomic mass is 9.98. The minimum Gasteiger partial charge on any atom is -0.479 e. The number of aromatic nitrogens is 1. The van der Waals surface area contributed by atoms with Crippen molar-refractivity contribution in [1.29, 1.82) is 0 Å². The Bertz CT molecular complexity index is 587. The van der Waals surface area contributed by atoms with Crippen LogP contribution in [-0.4, -0.2) is 16.1 Å². The van der Waals surface area contributed by atoms with E-state index in [1.54, 1.807) is 0 Å². The summed E-state index contributed by atoms with van der Waals surface area (Å²) in [5, 5.41) is 15.2. The van der Waals surface area contributed by atoms with Crippen LogP contribution in [0.3, 0.4) is 0 Å². The van der Waals surface area contributed by atoms with Crippen LogP contribution in [0.4, 0.5) is 5.69 Å². The van der Waals surface area contributed by atoms with Crippen molar-refractivity contribution >= 4 is 23.0 Å². The predicted molar refractivity (Wildman–Crippen MR) is 81.3 cm³/mol. The van der Waals surface area contributed by atoms with Crippen molar-refractivity contribution in [3.05, 3.63) is 46.4 Å². The second-order valence-corrected chi connectivity index (χ2v) is 6.47. The standard InChI is InChI=1S/C15H18N2O2S/c1-15(2,3)14-17-11(9-20-14)12(13(18)19)16-10-7-5-4-6-8-10/h4-9,12,16H,1-3H3,(H,18,19). The number of rotatable bonds is 4. The Labute approximate surface area is 122 Å². The number of anilines is 1. The summed E-state index contributed by atoms with van der Waals surface area (Å²) >= 11 is 1.50. The summed E-state index contributed by atoms with van der Waals surface area (Å²) in [5.41, 5.74) is 1.25. The Morgan fingerprint density at radius 2 is 1.95 bits per heavy atom. The molecular weight excluding hydrogens is 272 g/mol. The number of carbonyl (C=O) groups is 1. The van der Waals surface area contributed by atoms with E-state index in [-0.39, 0.29) is 5.41 Å². The summed E-state index contributed by atoms with van der Waals surface area (Å²) in [4.78, 5) is 15.9. The molecule has 20 heavy (non-hydrogen) atoms. The van der Waals surface area contributed by atoms with Gasteiger partial charge >= 0.3 is 5.97 Å². The first kappa shape index (κ1) is 14.5. The Morgan fingerprint density at radius 3 is 2.45 bits per heavy atom. The third-order valence-corrected chi connectivity index (χ3v) is 4.08. The van der Waals surface area contributed by atoms with Gasteiger partial charge in [-0.15, -0.1) is 11.3 Å². The highest BCUT2D eigenvalue weighted by atomic mass is 32.1. The molecule has 106 valence electrons. The molecule has 1 atom stereocenters. The topological polar surface area (TPSA) is 62.2 Å². The number of nitrogens with zero attached hydrogens (tertiary/aromatic N) is 1. The van der Waals surface area contributed by atoms with Gasteiger partial charge in [0.1, 0.15) is 0 Å². The van der Waals surface area contributed by atoms with Crippen molar-refractivity contribution in [3.8, 4) is 0 Å². The number of hydrogen-bond acceptors (Lipinski definition) is 4. The van der Waals surface area contributed by atoms with Crippen molar-refractivity contribution in [2.24, 2.45) is 0 Å². The van der Waals surface area contributed by atoms with Gasteiger partial charge in [0.25, 0.3) is 0 Å². The number of nitrogens with one attached hydrogen (secondary N) is 1. The molecule has 1 heterocycles. The van der Waals surface area contributed by atoms with Gasteiger partial charge < -0.3 is 10.4 Å². The fourth-order valence-electron chi connectivity index (χ4n) is 1.73. The average Bonchev–Trinajstić information content (AvgIpc) is 2.86.